The number of halogens is 3. The van der Waals surface area contributed by atoms with Gasteiger partial charge in [-0.15, -0.1) is 0 Å². The van der Waals surface area contributed by atoms with Crippen LogP contribution in [0.15, 0.2) is 0 Å². The van der Waals surface area contributed by atoms with Gasteiger partial charge in [0, 0.05) is 51.4 Å². The van der Waals surface area contributed by atoms with Crippen molar-refractivity contribution in [2.75, 3.05) is 0 Å². The summed E-state index contributed by atoms with van der Waals surface area (Å²) in [6.07, 6.45) is 0. The quantitative estimate of drug-likeness (QED) is 0.372. The van der Waals surface area contributed by atoms with Crippen LogP contribution in [0.25, 0.3) is 0 Å². The third-order valence-electron chi connectivity index (χ3n) is 0. The summed E-state index contributed by atoms with van der Waals surface area (Å²) in [6, 6.07) is 0. The first kappa shape index (κ1) is 22.8. The molecule has 7 heteroatoms. The van der Waals surface area contributed by atoms with Crippen molar-refractivity contribution in [1.29, 1.82) is 0 Å². The third-order valence-corrected chi connectivity index (χ3v) is 0. The largest absolute Gasteiger partial charge is 0.247 e. The van der Waals surface area contributed by atoms with Gasteiger partial charge in [-0.1, -0.05) is 0 Å². The molecule has 0 aliphatic carbocycles. The topological polar surface area (TPSA) is 78.1 Å². The fourth-order valence-electron chi connectivity index (χ4n) is 0. The molecule has 0 heterocycles. The van der Waals surface area contributed by atoms with E-state index < -0.39 is 0 Å². The maximum Gasteiger partial charge on any atom is 0 e. The predicted octanol–water partition coefficient (Wildman–Crippen LogP) is -0.0841. The Labute approximate surface area is 101 Å². The molecular weight excluding hydrogens is 187 g/mol. The van der Waals surface area contributed by atoms with Gasteiger partial charge in [0.15, 0.2) is 0 Å². The second-order valence-electron chi connectivity index (χ2n) is 0. The molecule has 3 nitrogen and oxygen atoms in total. The molecule has 7 heavy (non-hydrogen) atoms. The van der Waals surface area contributed by atoms with Crippen molar-refractivity contribution in [1.82, 2.24) is 0 Å². The van der Waals surface area contributed by atoms with Crippen LogP contribution in [0.5, 0.6) is 0 Å². The SMILES string of the molecule is NCl.NCl.NCl.[K]. The van der Waals surface area contributed by atoms with Crippen LogP contribution in [0, 0.1) is 0 Å². The van der Waals surface area contributed by atoms with Gasteiger partial charge in [-0.3, -0.25) is 0 Å². The van der Waals surface area contributed by atoms with E-state index >= 15 is 0 Å². The molecule has 0 aliphatic heterocycles. The minimum absolute atomic E-state index is 0. The summed E-state index contributed by atoms with van der Waals surface area (Å²) in [6.45, 7) is 0. The van der Waals surface area contributed by atoms with Gasteiger partial charge < -0.3 is 0 Å². The Hall–Kier alpha value is 2.39. The maximum atomic E-state index is 4.14. The van der Waals surface area contributed by atoms with Gasteiger partial charge in [0.25, 0.3) is 0 Å². The number of rotatable bonds is 0. The first-order valence-electron chi connectivity index (χ1n) is 0.655. The van der Waals surface area contributed by atoms with Crippen molar-refractivity contribution in [3.05, 3.63) is 0 Å². The molecule has 0 atom stereocenters. The van der Waals surface area contributed by atoms with Gasteiger partial charge in [0.1, 0.15) is 0 Å². The summed E-state index contributed by atoms with van der Waals surface area (Å²) >= 11 is 12.4. The van der Waals surface area contributed by atoms with Gasteiger partial charge in [0.2, 0.25) is 0 Å². The van der Waals surface area contributed by atoms with E-state index in [4.69, 9.17) is 0 Å². The minimum Gasteiger partial charge on any atom is -0.247 e. The van der Waals surface area contributed by atoms with Crippen molar-refractivity contribution < 1.29 is 0 Å². The molecule has 0 bridgehead atoms. The second kappa shape index (κ2) is 80.3. The molecule has 0 unspecified atom stereocenters. The molecule has 0 amide bonds. The maximum absolute atomic E-state index is 4.14. The minimum atomic E-state index is 0. The molecule has 0 aliphatic rings. The van der Waals surface area contributed by atoms with Crippen LogP contribution in [-0.2, 0) is 0 Å². The fraction of sp³-hybridized carbons (Fsp3) is 0. The molecule has 0 fully saturated rings. The number of hydrogen-bond acceptors (Lipinski definition) is 3. The van der Waals surface area contributed by atoms with Crippen LogP contribution in [0.3, 0.4) is 0 Å². The van der Waals surface area contributed by atoms with E-state index in [0.717, 1.165) is 0 Å². The smallest absolute Gasteiger partial charge is 0 e. The second-order valence-corrected chi connectivity index (χ2v) is 0. The summed E-state index contributed by atoms with van der Waals surface area (Å²) in [4.78, 5) is 0. The van der Waals surface area contributed by atoms with Crippen molar-refractivity contribution >= 4 is 86.7 Å². The monoisotopic (exact) mass is 192 g/mol. The van der Waals surface area contributed by atoms with Gasteiger partial charge in [-0.05, 0) is 35.3 Å². The molecule has 0 aromatic carbocycles. The van der Waals surface area contributed by atoms with Gasteiger partial charge in [0.05, 0.1) is 0 Å². The zero-order valence-corrected chi connectivity index (χ0v) is 9.26. The summed E-state index contributed by atoms with van der Waals surface area (Å²) in [5, 5.41) is 11.9. The van der Waals surface area contributed by atoms with E-state index in [9.17, 15) is 0 Å². The first-order chi connectivity index (χ1) is 3.00. The number of nitrogens with two attached hydrogens (primary N) is 3. The Morgan fingerprint density at radius 1 is 0.571 bits per heavy atom. The van der Waals surface area contributed by atoms with Crippen molar-refractivity contribution in [3.8, 4) is 0 Å². The van der Waals surface area contributed by atoms with E-state index in [2.05, 4.69) is 51.1 Å². The van der Waals surface area contributed by atoms with Gasteiger partial charge in [-0.25, -0.2) is 15.8 Å². The van der Waals surface area contributed by atoms with E-state index in [0.29, 0.717) is 0 Å². The molecule has 0 spiro atoms. The van der Waals surface area contributed by atoms with Gasteiger partial charge in [-0.2, -0.15) is 0 Å². The van der Waals surface area contributed by atoms with Crippen molar-refractivity contribution in [2.45, 2.75) is 0 Å². The van der Waals surface area contributed by atoms with Crippen molar-refractivity contribution in [3.63, 3.8) is 0 Å². The van der Waals surface area contributed by atoms with E-state index in [1.807, 2.05) is 0 Å². The standard InChI is InChI=1S/3ClH2N.K/c3*1-2;/h3*2H2;. The Bertz CT molecular complexity index is 10.1. The molecule has 6 N–H and O–H groups in total. The normalized spacial score (nSPS) is 2.57. The van der Waals surface area contributed by atoms with Crippen LogP contribution in [0.4, 0.5) is 0 Å². The molecule has 0 saturated heterocycles. The van der Waals surface area contributed by atoms with E-state index in [1.165, 1.54) is 0 Å². The van der Waals surface area contributed by atoms with Crippen molar-refractivity contribution in [2.24, 2.45) is 15.8 Å². The van der Waals surface area contributed by atoms with Crippen LogP contribution >= 0.6 is 35.3 Å². The Morgan fingerprint density at radius 3 is 0.571 bits per heavy atom. The molecular formula is H6Cl3KN3. The van der Waals surface area contributed by atoms with Crippen LogP contribution in [-0.4, -0.2) is 51.4 Å². The Kier molecular flexibility index (Phi) is 261. The summed E-state index contributed by atoms with van der Waals surface area (Å²) < 4.78 is 0. The first-order valence-corrected chi connectivity index (χ1v) is 1.96. The molecule has 0 rings (SSSR count). The molecule has 0 aromatic heterocycles. The van der Waals surface area contributed by atoms with Gasteiger partial charge >= 0.3 is 0 Å². The molecule has 0 saturated carbocycles. The van der Waals surface area contributed by atoms with Crippen LogP contribution < -0.4 is 15.8 Å². The van der Waals surface area contributed by atoms with Crippen LogP contribution in [0.1, 0.15) is 0 Å². The summed E-state index contributed by atoms with van der Waals surface area (Å²) in [5.41, 5.74) is 0. The number of hydrogen-bond donors (Lipinski definition) is 3. The average Bonchev–Trinajstić information content (AvgIpc) is 1.81. The predicted molar refractivity (Wildman–Crippen MR) is 35.9 cm³/mol. The Morgan fingerprint density at radius 2 is 0.571 bits per heavy atom. The fourth-order valence-corrected chi connectivity index (χ4v) is 0. The third kappa shape index (κ3) is 60.1. The van der Waals surface area contributed by atoms with Crippen LogP contribution in [0.2, 0.25) is 0 Å². The average molecular weight is 194 g/mol. The Balaban J connectivity index is -0.00000000900. The summed E-state index contributed by atoms with van der Waals surface area (Å²) in [5.74, 6) is 0. The molecule has 0 aromatic rings. The molecule has 43 valence electrons. The van der Waals surface area contributed by atoms with E-state index in [1.54, 1.807) is 0 Å². The van der Waals surface area contributed by atoms with E-state index in [-0.39, 0.29) is 51.4 Å². The zero-order valence-electron chi connectivity index (χ0n) is 3.87. The summed E-state index contributed by atoms with van der Waals surface area (Å²) in [7, 11) is 0. The molecule has 1 radical (unpaired) electrons. The zero-order chi connectivity index (χ0) is 6.00.